The predicted molar refractivity (Wildman–Crippen MR) is 114 cm³/mol. The fraction of sp³-hybridized carbons (Fsp3) is 0.217. The molecule has 30 heavy (non-hydrogen) atoms. The molecule has 0 bridgehead atoms. The van der Waals surface area contributed by atoms with E-state index in [2.05, 4.69) is 15.3 Å². The van der Waals surface area contributed by atoms with Crippen LogP contribution >= 0.6 is 0 Å². The number of carbonyl (C=O) groups is 1. The number of rotatable bonds is 6. The molecule has 2 aromatic carbocycles. The van der Waals surface area contributed by atoms with Crippen LogP contribution in [0.15, 0.2) is 60.9 Å². The topological polar surface area (TPSA) is 84.1 Å². The van der Waals surface area contributed by atoms with Crippen molar-refractivity contribution in [3.05, 3.63) is 83.4 Å². The lowest BCUT2D eigenvalue weighted by Crippen LogP contribution is -2.33. The molecular weight excluding hydrogens is 378 g/mol. The Kier molecular flexibility index (Phi) is 5.54. The molecule has 2 heterocycles. The molecular formula is C23H23N5O2. The molecule has 0 aliphatic rings. The summed E-state index contributed by atoms with van der Waals surface area (Å²) in [4.78, 5) is 19.0. The molecule has 4 rings (SSSR count). The van der Waals surface area contributed by atoms with Crippen molar-refractivity contribution in [2.24, 2.45) is 0 Å². The first-order valence-electron chi connectivity index (χ1n) is 9.79. The highest BCUT2D eigenvalue weighted by Gasteiger charge is 2.23. The minimum absolute atomic E-state index is 0.124. The third-order valence-corrected chi connectivity index (χ3v) is 5.13. The van der Waals surface area contributed by atoms with Crippen LogP contribution in [0.25, 0.3) is 16.5 Å². The van der Waals surface area contributed by atoms with Gasteiger partial charge in [-0.15, -0.1) is 5.10 Å². The average Bonchev–Trinajstić information content (AvgIpc) is 3.15. The van der Waals surface area contributed by atoms with E-state index in [1.165, 1.54) is 0 Å². The van der Waals surface area contributed by atoms with E-state index < -0.39 is 0 Å². The Hall–Kier alpha value is -3.58. The van der Waals surface area contributed by atoms with Crippen LogP contribution in [0.5, 0.6) is 0 Å². The summed E-state index contributed by atoms with van der Waals surface area (Å²) in [5.74, 6) is -0.254. The highest BCUT2D eigenvalue weighted by Crippen LogP contribution is 2.23. The summed E-state index contributed by atoms with van der Waals surface area (Å²) in [5.41, 5.74) is 3.92. The highest BCUT2D eigenvalue weighted by atomic mass is 16.3. The van der Waals surface area contributed by atoms with E-state index in [-0.39, 0.29) is 24.8 Å². The number of benzene rings is 2. The zero-order valence-corrected chi connectivity index (χ0v) is 17.0. The number of amides is 1. The van der Waals surface area contributed by atoms with Gasteiger partial charge in [-0.1, -0.05) is 47.2 Å². The van der Waals surface area contributed by atoms with Crippen molar-refractivity contribution in [2.75, 3.05) is 13.2 Å². The number of aliphatic hydroxyl groups excluding tert-OH is 1. The Morgan fingerprint density at radius 2 is 1.90 bits per heavy atom. The predicted octanol–water partition coefficient (Wildman–Crippen LogP) is 3.07. The van der Waals surface area contributed by atoms with Crippen LogP contribution in [0.2, 0.25) is 0 Å². The lowest BCUT2D eigenvalue weighted by atomic mass is 10.1. The van der Waals surface area contributed by atoms with Crippen LogP contribution in [0.1, 0.15) is 27.3 Å². The fourth-order valence-corrected chi connectivity index (χ4v) is 3.48. The summed E-state index contributed by atoms with van der Waals surface area (Å²) >= 11 is 0. The number of hydrogen-bond donors (Lipinski definition) is 1. The molecule has 0 saturated carbocycles. The maximum atomic E-state index is 13.2. The van der Waals surface area contributed by atoms with Crippen LogP contribution in [0, 0.1) is 13.8 Å². The largest absolute Gasteiger partial charge is 0.395 e. The molecule has 0 aliphatic heterocycles. The summed E-state index contributed by atoms with van der Waals surface area (Å²) < 4.78 is 1.68. The van der Waals surface area contributed by atoms with Crippen molar-refractivity contribution in [1.29, 1.82) is 0 Å². The third-order valence-electron chi connectivity index (χ3n) is 5.13. The van der Waals surface area contributed by atoms with Gasteiger partial charge in [0.25, 0.3) is 5.91 Å². The molecule has 0 fully saturated rings. The van der Waals surface area contributed by atoms with Gasteiger partial charge in [-0.3, -0.25) is 9.78 Å². The maximum Gasteiger partial charge on any atom is 0.276 e. The molecule has 1 amide bonds. The van der Waals surface area contributed by atoms with Gasteiger partial charge in [0.2, 0.25) is 0 Å². The molecule has 152 valence electrons. The van der Waals surface area contributed by atoms with E-state index in [9.17, 15) is 9.90 Å². The van der Waals surface area contributed by atoms with Crippen LogP contribution in [0.4, 0.5) is 0 Å². The Labute approximate surface area is 174 Å². The lowest BCUT2D eigenvalue weighted by molar-refractivity contribution is 0.0701. The number of aliphatic hydroxyl groups is 1. The first kappa shape index (κ1) is 19.7. The molecule has 2 aromatic heterocycles. The summed E-state index contributed by atoms with van der Waals surface area (Å²) in [6, 6.07) is 15.8. The van der Waals surface area contributed by atoms with E-state index >= 15 is 0 Å². The van der Waals surface area contributed by atoms with Gasteiger partial charge in [0, 0.05) is 36.3 Å². The monoisotopic (exact) mass is 401 g/mol. The molecule has 0 spiro atoms. The second kappa shape index (κ2) is 8.42. The van der Waals surface area contributed by atoms with Gasteiger partial charge in [0.15, 0.2) is 5.69 Å². The average molecular weight is 401 g/mol. The molecule has 1 N–H and O–H groups in total. The third kappa shape index (κ3) is 3.79. The van der Waals surface area contributed by atoms with Crippen molar-refractivity contribution in [3.8, 4) is 5.69 Å². The Balaban J connectivity index is 1.67. The van der Waals surface area contributed by atoms with Crippen molar-refractivity contribution < 1.29 is 9.90 Å². The van der Waals surface area contributed by atoms with Gasteiger partial charge >= 0.3 is 0 Å². The first-order valence-corrected chi connectivity index (χ1v) is 9.79. The summed E-state index contributed by atoms with van der Waals surface area (Å²) in [6.45, 7) is 4.34. The minimum Gasteiger partial charge on any atom is -0.395 e. The molecule has 0 saturated heterocycles. The maximum absolute atomic E-state index is 13.2. The van der Waals surface area contributed by atoms with E-state index in [4.69, 9.17) is 0 Å². The van der Waals surface area contributed by atoms with Gasteiger partial charge < -0.3 is 10.0 Å². The van der Waals surface area contributed by atoms with E-state index in [0.717, 1.165) is 27.6 Å². The molecule has 0 atom stereocenters. The summed E-state index contributed by atoms with van der Waals surface area (Å²) in [7, 11) is 0. The molecule has 4 aromatic rings. The smallest absolute Gasteiger partial charge is 0.276 e. The number of carbonyl (C=O) groups excluding carboxylic acids is 1. The second-order valence-electron chi connectivity index (χ2n) is 7.25. The standard InChI is InChI=1S/C23H23N5O2/c1-16-6-8-18(9-7-16)15-27(12-13-29)23(30)22-17(2)28(26-25-22)21-5-3-4-19-14-24-11-10-20(19)21/h3-11,14,29H,12-13,15H2,1-2H3. The first-order chi connectivity index (χ1) is 14.6. The van der Waals surface area contributed by atoms with Crippen molar-refractivity contribution in [1.82, 2.24) is 24.9 Å². The Morgan fingerprint density at radius 3 is 2.67 bits per heavy atom. The van der Waals surface area contributed by atoms with E-state index in [1.807, 2.05) is 62.4 Å². The summed E-state index contributed by atoms with van der Waals surface area (Å²) in [6.07, 6.45) is 3.52. The van der Waals surface area contributed by atoms with Gasteiger partial charge in [-0.05, 0) is 31.5 Å². The van der Waals surface area contributed by atoms with Gasteiger partial charge in [0.05, 0.1) is 18.0 Å². The van der Waals surface area contributed by atoms with Gasteiger partial charge in [-0.2, -0.15) is 0 Å². The van der Waals surface area contributed by atoms with Crippen molar-refractivity contribution >= 4 is 16.7 Å². The van der Waals surface area contributed by atoms with Crippen LogP contribution in [-0.2, 0) is 6.54 Å². The van der Waals surface area contributed by atoms with Crippen LogP contribution in [0.3, 0.4) is 0 Å². The highest BCUT2D eigenvalue weighted by molar-refractivity contribution is 5.94. The van der Waals surface area contributed by atoms with Gasteiger partial charge in [-0.25, -0.2) is 4.68 Å². The molecule has 0 unspecified atom stereocenters. The number of hydrogen-bond acceptors (Lipinski definition) is 5. The van der Waals surface area contributed by atoms with Crippen molar-refractivity contribution in [3.63, 3.8) is 0 Å². The lowest BCUT2D eigenvalue weighted by Gasteiger charge is -2.21. The Morgan fingerprint density at radius 1 is 1.10 bits per heavy atom. The molecule has 7 nitrogen and oxygen atoms in total. The van der Waals surface area contributed by atoms with Crippen molar-refractivity contribution in [2.45, 2.75) is 20.4 Å². The summed E-state index contributed by atoms with van der Waals surface area (Å²) in [5, 5.41) is 19.9. The zero-order chi connectivity index (χ0) is 21.1. The SMILES string of the molecule is Cc1ccc(CN(CCO)C(=O)c2nnn(-c3cccc4cnccc34)c2C)cc1. The Bertz CT molecular complexity index is 1180. The van der Waals surface area contributed by atoms with E-state index in [1.54, 1.807) is 22.0 Å². The molecule has 7 heteroatoms. The number of aromatic nitrogens is 4. The fourth-order valence-electron chi connectivity index (χ4n) is 3.48. The number of aryl methyl sites for hydroxylation is 1. The molecule has 0 aliphatic carbocycles. The number of fused-ring (bicyclic) bond motifs is 1. The number of pyridine rings is 1. The van der Waals surface area contributed by atoms with Crippen LogP contribution in [-0.4, -0.2) is 49.0 Å². The molecule has 0 radical (unpaired) electrons. The van der Waals surface area contributed by atoms with Crippen LogP contribution < -0.4 is 0 Å². The number of nitrogens with zero attached hydrogens (tertiary/aromatic N) is 5. The minimum atomic E-state index is -0.254. The van der Waals surface area contributed by atoms with E-state index in [0.29, 0.717) is 12.2 Å². The quantitative estimate of drug-likeness (QED) is 0.537. The second-order valence-corrected chi connectivity index (χ2v) is 7.25. The normalized spacial score (nSPS) is 11.0. The zero-order valence-electron chi connectivity index (χ0n) is 17.0. The van der Waals surface area contributed by atoms with Gasteiger partial charge in [0.1, 0.15) is 0 Å².